The van der Waals surface area contributed by atoms with Crippen molar-refractivity contribution in [2.24, 2.45) is 10.9 Å². The lowest BCUT2D eigenvalue weighted by atomic mass is 10.00. The second-order valence-electron chi connectivity index (χ2n) is 4.93. The third-order valence-electron chi connectivity index (χ3n) is 3.55. The first-order chi connectivity index (χ1) is 8.70. The minimum atomic E-state index is 0. The Morgan fingerprint density at radius 2 is 2.21 bits per heavy atom. The van der Waals surface area contributed by atoms with Gasteiger partial charge in [-0.1, -0.05) is 6.92 Å². The molecule has 0 aliphatic carbocycles. The predicted octanol–water partition coefficient (Wildman–Crippen LogP) is 2.88. The molecule has 0 radical (unpaired) electrons. The highest BCUT2D eigenvalue weighted by Crippen LogP contribution is 2.16. The summed E-state index contributed by atoms with van der Waals surface area (Å²) in [5.41, 5.74) is 3.02. The zero-order valence-corrected chi connectivity index (χ0v) is 15.0. The molecule has 1 saturated heterocycles. The van der Waals surface area contributed by atoms with Crippen LogP contribution in [0.2, 0.25) is 0 Å². The second kappa shape index (κ2) is 8.04. The van der Waals surface area contributed by atoms with E-state index in [4.69, 9.17) is 0 Å². The van der Waals surface area contributed by atoms with Crippen LogP contribution in [0.1, 0.15) is 30.3 Å². The number of likely N-dealkylation sites (tertiary alicyclic amines) is 1. The Balaban J connectivity index is 0.00000180. The van der Waals surface area contributed by atoms with Gasteiger partial charge < -0.3 is 10.2 Å². The van der Waals surface area contributed by atoms with Gasteiger partial charge in [-0.05, 0) is 25.7 Å². The zero-order chi connectivity index (χ0) is 13.0. The van der Waals surface area contributed by atoms with E-state index in [0.29, 0.717) is 0 Å². The van der Waals surface area contributed by atoms with E-state index in [2.05, 4.69) is 34.0 Å². The maximum Gasteiger partial charge on any atom is 0.193 e. The highest BCUT2D eigenvalue weighted by atomic mass is 127. The molecule has 0 saturated carbocycles. The van der Waals surface area contributed by atoms with Gasteiger partial charge in [-0.3, -0.25) is 4.99 Å². The third-order valence-corrected chi connectivity index (χ3v) is 4.48. The predicted molar refractivity (Wildman–Crippen MR) is 92.4 cm³/mol. The lowest BCUT2D eigenvalue weighted by molar-refractivity contribution is 0.273. The standard InChI is InChI=1S/C13H22N4S.HI/c1-10-4-6-17(7-5-10)13(14-3)15-8-12-11(2)16-9-18-12;/h9-10H,4-8H2,1-3H3,(H,14,15);1H. The van der Waals surface area contributed by atoms with Crippen molar-refractivity contribution >= 4 is 41.3 Å². The van der Waals surface area contributed by atoms with Gasteiger partial charge >= 0.3 is 0 Å². The van der Waals surface area contributed by atoms with Crippen molar-refractivity contribution in [3.05, 3.63) is 16.1 Å². The van der Waals surface area contributed by atoms with E-state index >= 15 is 0 Å². The number of rotatable bonds is 2. The number of aromatic nitrogens is 1. The van der Waals surface area contributed by atoms with Crippen LogP contribution in [0, 0.1) is 12.8 Å². The van der Waals surface area contributed by atoms with Crippen molar-refractivity contribution in [3.8, 4) is 0 Å². The molecule has 1 aliphatic rings. The van der Waals surface area contributed by atoms with Crippen LogP contribution in [-0.4, -0.2) is 36.0 Å². The number of aliphatic imine (C=N–C) groups is 1. The third kappa shape index (κ3) is 4.59. The summed E-state index contributed by atoms with van der Waals surface area (Å²) >= 11 is 1.70. The highest BCUT2D eigenvalue weighted by molar-refractivity contribution is 14.0. The van der Waals surface area contributed by atoms with E-state index in [-0.39, 0.29) is 24.0 Å². The Kier molecular flexibility index (Phi) is 7.06. The first-order valence-electron chi connectivity index (χ1n) is 6.55. The molecule has 2 heterocycles. The molecule has 0 spiro atoms. The van der Waals surface area contributed by atoms with Gasteiger partial charge in [0.15, 0.2) is 5.96 Å². The van der Waals surface area contributed by atoms with Gasteiger partial charge in [-0.2, -0.15) is 0 Å². The molecule has 0 amide bonds. The second-order valence-corrected chi connectivity index (χ2v) is 5.87. The summed E-state index contributed by atoms with van der Waals surface area (Å²) in [6.45, 7) is 7.44. The molecule has 1 aromatic heterocycles. The van der Waals surface area contributed by atoms with Crippen LogP contribution in [0.25, 0.3) is 0 Å². The molecule has 0 bridgehead atoms. The van der Waals surface area contributed by atoms with Gasteiger partial charge in [-0.15, -0.1) is 35.3 Å². The Hall–Kier alpha value is -0.370. The molecule has 0 aromatic carbocycles. The lowest BCUT2D eigenvalue weighted by Crippen LogP contribution is -2.45. The fraction of sp³-hybridized carbons (Fsp3) is 0.692. The van der Waals surface area contributed by atoms with Gasteiger partial charge in [0.25, 0.3) is 0 Å². The zero-order valence-electron chi connectivity index (χ0n) is 11.8. The van der Waals surface area contributed by atoms with Crippen molar-refractivity contribution in [1.29, 1.82) is 0 Å². The van der Waals surface area contributed by atoms with Crippen LogP contribution in [0.5, 0.6) is 0 Å². The van der Waals surface area contributed by atoms with E-state index in [1.807, 2.05) is 12.6 Å². The van der Waals surface area contributed by atoms with E-state index in [0.717, 1.165) is 37.2 Å². The van der Waals surface area contributed by atoms with Gasteiger partial charge in [-0.25, -0.2) is 4.98 Å². The van der Waals surface area contributed by atoms with Crippen LogP contribution in [0.3, 0.4) is 0 Å². The number of guanidine groups is 1. The van der Waals surface area contributed by atoms with Gasteiger partial charge in [0.2, 0.25) is 0 Å². The molecule has 0 atom stereocenters. The Morgan fingerprint density at radius 1 is 1.53 bits per heavy atom. The number of thiazole rings is 1. The van der Waals surface area contributed by atoms with Crippen LogP contribution >= 0.6 is 35.3 Å². The summed E-state index contributed by atoms with van der Waals surface area (Å²) in [7, 11) is 1.86. The van der Waals surface area contributed by atoms with Gasteiger partial charge in [0, 0.05) is 25.0 Å². The number of nitrogens with zero attached hydrogens (tertiary/aromatic N) is 3. The summed E-state index contributed by atoms with van der Waals surface area (Å²) in [4.78, 5) is 12.3. The number of piperidine rings is 1. The first kappa shape index (κ1) is 16.7. The largest absolute Gasteiger partial charge is 0.351 e. The van der Waals surface area contributed by atoms with Crippen LogP contribution < -0.4 is 5.32 Å². The molecule has 4 nitrogen and oxygen atoms in total. The SMILES string of the molecule is CN=C(NCc1scnc1C)N1CCC(C)CC1.I. The van der Waals surface area contributed by atoms with E-state index < -0.39 is 0 Å². The minimum absolute atomic E-state index is 0. The Labute approximate surface area is 136 Å². The molecular weight excluding hydrogens is 371 g/mol. The number of aryl methyl sites for hydroxylation is 1. The molecule has 6 heteroatoms. The monoisotopic (exact) mass is 394 g/mol. The van der Waals surface area contributed by atoms with Crippen LogP contribution in [0.4, 0.5) is 0 Å². The average molecular weight is 394 g/mol. The quantitative estimate of drug-likeness (QED) is 0.477. The summed E-state index contributed by atoms with van der Waals surface area (Å²) in [5, 5.41) is 3.44. The number of halogens is 1. The van der Waals surface area contributed by atoms with Crippen LogP contribution in [-0.2, 0) is 6.54 Å². The molecule has 0 unspecified atom stereocenters. The summed E-state index contributed by atoms with van der Waals surface area (Å²) in [6, 6.07) is 0. The van der Waals surface area contributed by atoms with Crippen molar-refractivity contribution in [3.63, 3.8) is 0 Å². The Bertz CT molecular complexity index is 411. The smallest absolute Gasteiger partial charge is 0.193 e. The topological polar surface area (TPSA) is 40.5 Å². The molecule has 2 rings (SSSR count). The number of nitrogens with one attached hydrogen (secondary N) is 1. The fourth-order valence-electron chi connectivity index (χ4n) is 2.21. The van der Waals surface area contributed by atoms with Crippen molar-refractivity contribution in [2.75, 3.05) is 20.1 Å². The number of hydrogen-bond acceptors (Lipinski definition) is 3. The molecule has 19 heavy (non-hydrogen) atoms. The molecule has 1 aromatic rings. The first-order valence-corrected chi connectivity index (χ1v) is 7.43. The van der Waals surface area contributed by atoms with Gasteiger partial charge in [0.05, 0.1) is 17.7 Å². The number of hydrogen-bond donors (Lipinski definition) is 1. The highest BCUT2D eigenvalue weighted by Gasteiger charge is 2.18. The van der Waals surface area contributed by atoms with Crippen molar-refractivity contribution in [1.82, 2.24) is 15.2 Å². The molecule has 1 fully saturated rings. The normalized spacial score (nSPS) is 17.2. The molecule has 1 N–H and O–H groups in total. The fourth-order valence-corrected chi connectivity index (χ4v) is 2.92. The van der Waals surface area contributed by atoms with Gasteiger partial charge in [0.1, 0.15) is 0 Å². The molecule has 108 valence electrons. The molecular formula is C13H23IN4S. The maximum absolute atomic E-state index is 4.38. The van der Waals surface area contributed by atoms with Crippen LogP contribution in [0.15, 0.2) is 10.5 Å². The lowest BCUT2D eigenvalue weighted by Gasteiger charge is -2.32. The van der Waals surface area contributed by atoms with Crippen molar-refractivity contribution < 1.29 is 0 Å². The van der Waals surface area contributed by atoms with E-state index in [1.54, 1.807) is 11.3 Å². The Morgan fingerprint density at radius 3 is 2.74 bits per heavy atom. The van der Waals surface area contributed by atoms with E-state index in [9.17, 15) is 0 Å². The molecule has 1 aliphatic heterocycles. The summed E-state index contributed by atoms with van der Waals surface area (Å²) < 4.78 is 0. The average Bonchev–Trinajstić information content (AvgIpc) is 2.78. The van der Waals surface area contributed by atoms with E-state index in [1.165, 1.54) is 17.7 Å². The van der Waals surface area contributed by atoms with Crippen molar-refractivity contribution in [2.45, 2.75) is 33.2 Å². The maximum atomic E-state index is 4.38. The minimum Gasteiger partial charge on any atom is -0.351 e. The summed E-state index contributed by atoms with van der Waals surface area (Å²) in [6.07, 6.45) is 2.53. The summed E-state index contributed by atoms with van der Waals surface area (Å²) in [5.74, 6) is 1.87.